The van der Waals surface area contributed by atoms with Gasteiger partial charge >= 0.3 is 0 Å². The van der Waals surface area contributed by atoms with Gasteiger partial charge in [-0.05, 0) is 33.2 Å². The van der Waals surface area contributed by atoms with E-state index in [9.17, 15) is 0 Å². The van der Waals surface area contributed by atoms with Crippen molar-refractivity contribution in [3.63, 3.8) is 0 Å². The van der Waals surface area contributed by atoms with E-state index in [1.54, 1.807) is 7.11 Å². The molecule has 0 radical (unpaired) electrons. The lowest BCUT2D eigenvalue weighted by atomic mass is 10.2. The Morgan fingerprint density at radius 2 is 1.82 bits per heavy atom. The second kappa shape index (κ2) is 7.24. The van der Waals surface area contributed by atoms with Gasteiger partial charge in [0.15, 0.2) is 6.29 Å². The summed E-state index contributed by atoms with van der Waals surface area (Å²) in [6, 6.07) is 12.1. The maximum absolute atomic E-state index is 5.25. The van der Waals surface area contributed by atoms with Crippen molar-refractivity contribution in [3.8, 4) is 0 Å². The summed E-state index contributed by atoms with van der Waals surface area (Å²) in [7, 11) is 7.78. The first-order chi connectivity index (χ1) is 10.5. The molecule has 5 heteroatoms. The number of aromatic nitrogens is 1. The zero-order valence-corrected chi connectivity index (χ0v) is 13.9. The van der Waals surface area contributed by atoms with E-state index in [1.807, 2.05) is 63.6 Å². The fourth-order valence-corrected chi connectivity index (χ4v) is 2.59. The van der Waals surface area contributed by atoms with E-state index in [-0.39, 0.29) is 6.29 Å². The molecule has 0 amide bonds. The SMILES string of the molecule is CON1C(C)=CN(C)C1N(C)C.c1ccc2ncccc2c1. The number of benzene rings is 1. The van der Waals surface area contributed by atoms with Gasteiger partial charge in [0, 0.05) is 24.8 Å². The third kappa shape index (κ3) is 3.55. The lowest BCUT2D eigenvalue weighted by Crippen LogP contribution is -2.47. The number of hydroxylamine groups is 2. The first kappa shape index (κ1) is 16.3. The molecule has 1 aromatic carbocycles. The quantitative estimate of drug-likeness (QED) is 0.851. The van der Waals surface area contributed by atoms with Crippen LogP contribution in [0.2, 0.25) is 0 Å². The second-order valence-electron chi connectivity index (χ2n) is 5.45. The van der Waals surface area contributed by atoms with E-state index in [0.717, 1.165) is 11.2 Å². The van der Waals surface area contributed by atoms with Gasteiger partial charge in [-0.15, -0.1) is 0 Å². The van der Waals surface area contributed by atoms with Crippen LogP contribution in [0.4, 0.5) is 0 Å². The molecule has 1 aliphatic rings. The standard InChI is InChI=1S/C9H7N.C8H17N3O/c1-2-6-9-8(4-1)5-3-7-10-9;1-7-6-10(4)8(9(2)3)11(7)12-5/h1-7H;6,8H,1-5H3. The van der Waals surface area contributed by atoms with Crippen LogP contribution in [0.1, 0.15) is 6.92 Å². The number of pyridine rings is 1. The molecule has 2 aromatic rings. The summed E-state index contributed by atoms with van der Waals surface area (Å²) in [6.07, 6.45) is 4.05. The van der Waals surface area contributed by atoms with Crippen molar-refractivity contribution in [2.75, 3.05) is 28.3 Å². The van der Waals surface area contributed by atoms with Crippen LogP contribution in [0.15, 0.2) is 54.5 Å². The van der Waals surface area contributed by atoms with Crippen LogP contribution in [0.5, 0.6) is 0 Å². The maximum Gasteiger partial charge on any atom is 0.183 e. The van der Waals surface area contributed by atoms with Crippen molar-refractivity contribution in [1.29, 1.82) is 0 Å². The van der Waals surface area contributed by atoms with Crippen molar-refractivity contribution < 1.29 is 4.84 Å². The van der Waals surface area contributed by atoms with E-state index >= 15 is 0 Å². The number of allylic oxidation sites excluding steroid dienone is 1. The normalized spacial score (nSPS) is 17.5. The van der Waals surface area contributed by atoms with E-state index in [0.29, 0.717) is 0 Å². The van der Waals surface area contributed by atoms with Crippen LogP contribution in [0.25, 0.3) is 10.9 Å². The predicted molar refractivity (Wildman–Crippen MR) is 89.6 cm³/mol. The summed E-state index contributed by atoms with van der Waals surface area (Å²) in [5.41, 5.74) is 2.18. The molecule has 0 spiro atoms. The van der Waals surface area contributed by atoms with Crippen molar-refractivity contribution >= 4 is 10.9 Å². The average molecular weight is 300 g/mol. The Morgan fingerprint density at radius 3 is 2.41 bits per heavy atom. The highest BCUT2D eigenvalue weighted by atomic mass is 16.7. The van der Waals surface area contributed by atoms with Crippen LogP contribution in [0.3, 0.4) is 0 Å². The molecule has 0 saturated carbocycles. The summed E-state index contributed by atoms with van der Waals surface area (Å²) >= 11 is 0. The third-order valence-electron chi connectivity index (χ3n) is 3.48. The zero-order valence-electron chi connectivity index (χ0n) is 13.9. The molecule has 3 rings (SSSR count). The molecule has 5 nitrogen and oxygen atoms in total. The molecule has 1 unspecified atom stereocenters. The average Bonchev–Trinajstić information content (AvgIpc) is 2.81. The molecule has 118 valence electrons. The summed E-state index contributed by atoms with van der Waals surface area (Å²) in [4.78, 5) is 13.6. The van der Waals surface area contributed by atoms with Gasteiger partial charge in [-0.2, -0.15) is 0 Å². The first-order valence-electron chi connectivity index (χ1n) is 7.24. The molecular formula is C17H24N4O. The molecule has 0 N–H and O–H groups in total. The van der Waals surface area contributed by atoms with Gasteiger partial charge < -0.3 is 4.90 Å². The van der Waals surface area contributed by atoms with Crippen molar-refractivity contribution in [2.24, 2.45) is 0 Å². The van der Waals surface area contributed by atoms with Crippen LogP contribution in [-0.2, 0) is 4.84 Å². The summed E-state index contributed by atoms with van der Waals surface area (Å²) in [6.45, 7) is 2.03. The minimum atomic E-state index is 0.176. The molecule has 0 bridgehead atoms. The number of hydrogen-bond donors (Lipinski definition) is 0. The van der Waals surface area contributed by atoms with Gasteiger partial charge in [0.05, 0.1) is 18.3 Å². The molecule has 1 atom stereocenters. The molecule has 22 heavy (non-hydrogen) atoms. The van der Waals surface area contributed by atoms with Gasteiger partial charge in [0.1, 0.15) is 0 Å². The Kier molecular flexibility index (Phi) is 5.35. The lowest BCUT2D eigenvalue weighted by molar-refractivity contribution is -0.183. The molecule has 0 saturated heterocycles. The fourth-order valence-electron chi connectivity index (χ4n) is 2.59. The summed E-state index contributed by atoms with van der Waals surface area (Å²) in [5.74, 6) is 0. The third-order valence-corrected chi connectivity index (χ3v) is 3.48. The highest BCUT2D eigenvalue weighted by Crippen LogP contribution is 2.21. The topological polar surface area (TPSA) is 31.8 Å². The van der Waals surface area contributed by atoms with E-state index in [2.05, 4.69) is 33.1 Å². The second-order valence-corrected chi connectivity index (χ2v) is 5.45. The Bertz CT molecular complexity index is 576. The Labute approximate surface area is 132 Å². The zero-order chi connectivity index (χ0) is 16.1. The van der Waals surface area contributed by atoms with Gasteiger partial charge in [0.25, 0.3) is 0 Å². The Hall–Kier alpha value is -2.11. The monoisotopic (exact) mass is 300 g/mol. The largest absolute Gasteiger partial charge is 0.345 e. The summed E-state index contributed by atoms with van der Waals surface area (Å²) < 4.78 is 0. The van der Waals surface area contributed by atoms with Crippen LogP contribution in [-0.4, -0.2) is 54.4 Å². The van der Waals surface area contributed by atoms with E-state index < -0.39 is 0 Å². The van der Waals surface area contributed by atoms with Crippen molar-refractivity contribution in [2.45, 2.75) is 13.2 Å². The molecular weight excluding hydrogens is 276 g/mol. The minimum absolute atomic E-state index is 0.176. The fraction of sp³-hybridized carbons (Fsp3) is 0.353. The summed E-state index contributed by atoms with van der Waals surface area (Å²) in [5, 5.41) is 3.07. The van der Waals surface area contributed by atoms with Gasteiger partial charge in [-0.3, -0.25) is 14.7 Å². The smallest absolute Gasteiger partial charge is 0.183 e. The first-order valence-corrected chi connectivity index (χ1v) is 7.24. The Balaban J connectivity index is 0.000000162. The number of nitrogens with zero attached hydrogens (tertiary/aromatic N) is 4. The minimum Gasteiger partial charge on any atom is -0.345 e. The van der Waals surface area contributed by atoms with Crippen molar-refractivity contribution in [1.82, 2.24) is 19.8 Å². The molecule has 0 fully saturated rings. The van der Waals surface area contributed by atoms with Crippen LogP contribution >= 0.6 is 0 Å². The van der Waals surface area contributed by atoms with Crippen LogP contribution < -0.4 is 0 Å². The molecule has 0 aliphatic carbocycles. The molecule has 1 aliphatic heterocycles. The highest BCUT2D eigenvalue weighted by Gasteiger charge is 2.29. The van der Waals surface area contributed by atoms with Gasteiger partial charge in [-0.25, -0.2) is 5.06 Å². The highest BCUT2D eigenvalue weighted by molar-refractivity contribution is 5.77. The van der Waals surface area contributed by atoms with Gasteiger partial charge in [-0.1, -0.05) is 24.3 Å². The number of para-hydroxylation sites is 1. The predicted octanol–water partition coefficient (Wildman–Crippen LogP) is 2.74. The van der Waals surface area contributed by atoms with Crippen molar-refractivity contribution in [3.05, 3.63) is 54.5 Å². The molecule has 1 aromatic heterocycles. The maximum atomic E-state index is 5.25. The number of rotatable bonds is 2. The van der Waals surface area contributed by atoms with E-state index in [1.165, 1.54) is 5.39 Å². The number of fused-ring (bicyclic) bond motifs is 1. The van der Waals surface area contributed by atoms with Gasteiger partial charge in [0.2, 0.25) is 0 Å². The Morgan fingerprint density at radius 1 is 1.14 bits per heavy atom. The molecule has 2 heterocycles. The van der Waals surface area contributed by atoms with E-state index in [4.69, 9.17) is 4.84 Å². The lowest BCUT2D eigenvalue weighted by Gasteiger charge is -2.34. The number of hydrogen-bond acceptors (Lipinski definition) is 5. The van der Waals surface area contributed by atoms with Crippen LogP contribution in [0, 0.1) is 0 Å².